The van der Waals surface area contributed by atoms with E-state index >= 15 is 0 Å². The predicted octanol–water partition coefficient (Wildman–Crippen LogP) is 4.17. The van der Waals surface area contributed by atoms with Gasteiger partial charge in [-0.1, -0.05) is 43.2 Å². The molecule has 2 aromatic rings. The van der Waals surface area contributed by atoms with Gasteiger partial charge in [0.15, 0.2) is 0 Å². The minimum absolute atomic E-state index is 0.0760. The van der Waals surface area contributed by atoms with Gasteiger partial charge in [0.25, 0.3) is 0 Å². The fraction of sp³-hybridized carbons (Fsp3) is 0.417. The van der Waals surface area contributed by atoms with E-state index in [9.17, 15) is 5.11 Å². The number of fused-ring (bicyclic) bond motifs is 1. The molecular weight excluding hydrogens is 206 g/mol. The highest BCUT2D eigenvalue weighted by molar-refractivity contribution is 7.20. The van der Waals surface area contributed by atoms with Crippen LogP contribution >= 0.6 is 11.3 Å². The Morgan fingerprint density at radius 1 is 1.33 bits per heavy atom. The minimum atomic E-state index is -0.0760. The van der Waals surface area contributed by atoms with Crippen LogP contribution in [-0.2, 0) is 11.5 Å². The second-order valence-corrected chi connectivity index (χ2v) is 4.66. The van der Waals surface area contributed by atoms with E-state index in [1.54, 1.807) is 0 Å². The summed E-state index contributed by atoms with van der Waals surface area (Å²) in [6, 6.07) is 6.01. The summed E-state index contributed by atoms with van der Waals surface area (Å²) < 4.78 is 1.08. The van der Waals surface area contributed by atoms with E-state index < -0.39 is 0 Å². The van der Waals surface area contributed by atoms with Crippen LogP contribution in [0.15, 0.2) is 18.2 Å². The highest BCUT2D eigenvalue weighted by Gasteiger charge is 2.07. The van der Waals surface area contributed by atoms with Gasteiger partial charge in [-0.15, -0.1) is 0 Å². The van der Waals surface area contributed by atoms with Crippen LogP contribution in [0.2, 0.25) is 0 Å². The lowest BCUT2D eigenvalue weighted by molar-refractivity contribution is 0.353. The molecule has 1 aromatic carbocycles. The fourth-order valence-corrected chi connectivity index (χ4v) is 2.59. The van der Waals surface area contributed by atoms with Crippen LogP contribution < -0.4 is 0 Å². The Bertz CT molecular complexity index is 450. The second kappa shape index (κ2) is 4.62. The molecule has 0 aliphatic rings. The Hall–Kier alpha value is -1.09. The molecule has 79 valence electrons. The summed E-state index contributed by atoms with van der Waals surface area (Å²) in [4.78, 5) is 3.97. The van der Waals surface area contributed by atoms with Gasteiger partial charge in [0.05, 0.1) is 10.2 Å². The van der Waals surface area contributed by atoms with E-state index in [0.29, 0.717) is 0 Å². The van der Waals surface area contributed by atoms with Gasteiger partial charge >= 0.3 is 5.19 Å². The molecule has 0 amide bonds. The first kappa shape index (κ1) is 10.4. The molecule has 0 bridgehead atoms. The maximum atomic E-state index is 11.2. The van der Waals surface area contributed by atoms with E-state index in [2.05, 4.69) is 18.0 Å². The Balaban J connectivity index is 2.25. The average Bonchev–Trinajstić information content (AvgIpc) is 2.59. The highest BCUT2D eigenvalue weighted by atomic mass is 32.1. The third-order valence-electron chi connectivity index (χ3n) is 2.53. The van der Waals surface area contributed by atoms with Gasteiger partial charge in [0.1, 0.15) is 0 Å². The summed E-state index contributed by atoms with van der Waals surface area (Å²) in [6.45, 7) is 2.20. The molecule has 2 rings (SSSR count). The largest absolute Gasteiger partial charge is 0.327 e. The predicted molar refractivity (Wildman–Crippen MR) is 63.0 cm³/mol. The zero-order valence-corrected chi connectivity index (χ0v) is 9.64. The molecule has 0 spiro atoms. The van der Waals surface area contributed by atoms with Crippen LogP contribution in [0.1, 0.15) is 31.7 Å². The first-order chi connectivity index (χ1) is 7.31. The summed E-state index contributed by atoms with van der Waals surface area (Å²) >= 11 is 1.27. The standard InChI is InChI=1S/C12H14NOS/c1-2-3-4-6-9-7-5-8-10-11(9)15-12(14)13-10/h5,7-8H,2-4,6H2,1H3. The first-order valence-corrected chi connectivity index (χ1v) is 6.18. The molecule has 0 saturated carbocycles. The molecular formula is C12H14NOS. The van der Waals surface area contributed by atoms with Crippen molar-refractivity contribution in [2.75, 3.05) is 0 Å². The topological polar surface area (TPSA) is 32.8 Å². The monoisotopic (exact) mass is 220 g/mol. The smallest absolute Gasteiger partial charge is 0.255 e. The van der Waals surface area contributed by atoms with Gasteiger partial charge in [-0.2, -0.15) is 4.98 Å². The molecule has 3 heteroatoms. The van der Waals surface area contributed by atoms with Gasteiger partial charge in [-0.05, 0) is 24.5 Å². The van der Waals surface area contributed by atoms with Crippen LogP contribution in [0.25, 0.3) is 10.2 Å². The Kier molecular flexibility index (Phi) is 3.21. The number of nitrogens with zero attached hydrogens (tertiary/aromatic N) is 1. The van der Waals surface area contributed by atoms with Crippen molar-refractivity contribution in [3.05, 3.63) is 23.8 Å². The molecule has 0 saturated heterocycles. The zero-order valence-electron chi connectivity index (χ0n) is 8.82. The molecule has 0 N–H and O–H groups in total. The maximum Gasteiger partial charge on any atom is 0.327 e. The second-order valence-electron chi connectivity index (χ2n) is 3.70. The molecule has 0 atom stereocenters. The van der Waals surface area contributed by atoms with E-state index in [1.807, 2.05) is 12.1 Å². The van der Waals surface area contributed by atoms with Gasteiger partial charge < -0.3 is 0 Å². The molecule has 1 heterocycles. The summed E-state index contributed by atoms with van der Waals surface area (Å²) in [5.41, 5.74) is 2.14. The van der Waals surface area contributed by atoms with Crippen LogP contribution in [0.4, 0.5) is 0 Å². The Morgan fingerprint density at radius 2 is 2.20 bits per heavy atom. The van der Waals surface area contributed by atoms with E-state index in [4.69, 9.17) is 0 Å². The molecule has 15 heavy (non-hydrogen) atoms. The van der Waals surface area contributed by atoms with Gasteiger partial charge in [0.2, 0.25) is 0 Å². The van der Waals surface area contributed by atoms with Crippen LogP contribution in [0, 0.1) is 0 Å². The lowest BCUT2D eigenvalue weighted by atomic mass is 10.1. The molecule has 1 aromatic heterocycles. The fourth-order valence-electron chi connectivity index (χ4n) is 1.75. The number of aryl methyl sites for hydroxylation is 1. The molecule has 0 aliphatic carbocycles. The zero-order chi connectivity index (χ0) is 10.7. The third-order valence-corrected chi connectivity index (χ3v) is 3.47. The Labute approximate surface area is 93.6 Å². The van der Waals surface area contributed by atoms with Crippen molar-refractivity contribution in [3.63, 3.8) is 0 Å². The number of unbranched alkanes of at least 4 members (excludes halogenated alkanes) is 2. The highest BCUT2D eigenvalue weighted by Crippen LogP contribution is 2.30. The van der Waals surface area contributed by atoms with Crippen molar-refractivity contribution >= 4 is 21.6 Å². The van der Waals surface area contributed by atoms with Crippen molar-refractivity contribution < 1.29 is 5.11 Å². The van der Waals surface area contributed by atoms with Crippen LogP contribution in [-0.4, -0.2) is 4.98 Å². The number of thiazole rings is 1. The van der Waals surface area contributed by atoms with Crippen molar-refractivity contribution in [2.24, 2.45) is 0 Å². The summed E-state index contributed by atoms with van der Waals surface area (Å²) in [7, 11) is 0. The summed E-state index contributed by atoms with van der Waals surface area (Å²) in [5, 5.41) is 11.1. The van der Waals surface area contributed by atoms with Crippen molar-refractivity contribution in [1.29, 1.82) is 0 Å². The summed E-state index contributed by atoms with van der Waals surface area (Å²) in [6.07, 6.45) is 4.74. The first-order valence-electron chi connectivity index (χ1n) is 5.36. The van der Waals surface area contributed by atoms with E-state index in [-0.39, 0.29) is 5.19 Å². The van der Waals surface area contributed by atoms with Crippen LogP contribution in [0.3, 0.4) is 0 Å². The third kappa shape index (κ3) is 2.29. The average molecular weight is 220 g/mol. The van der Waals surface area contributed by atoms with E-state index in [1.165, 1.54) is 36.2 Å². The van der Waals surface area contributed by atoms with Crippen molar-refractivity contribution in [3.8, 4) is 5.19 Å². The number of aromatic nitrogens is 1. The van der Waals surface area contributed by atoms with Crippen LogP contribution in [0.5, 0.6) is 5.19 Å². The van der Waals surface area contributed by atoms with Gasteiger partial charge in [-0.3, -0.25) is 5.11 Å². The number of benzene rings is 1. The van der Waals surface area contributed by atoms with Crippen molar-refractivity contribution in [1.82, 2.24) is 4.98 Å². The molecule has 1 radical (unpaired) electrons. The van der Waals surface area contributed by atoms with Gasteiger partial charge in [-0.25, -0.2) is 0 Å². The normalized spacial score (nSPS) is 11.0. The SMILES string of the molecule is CCCCCc1cccc2nc([O])sc12. The quantitative estimate of drug-likeness (QED) is 0.712. The molecule has 2 nitrogen and oxygen atoms in total. The molecule has 0 fully saturated rings. The lowest BCUT2D eigenvalue weighted by Crippen LogP contribution is -1.85. The van der Waals surface area contributed by atoms with E-state index in [0.717, 1.165) is 16.6 Å². The van der Waals surface area contributed by atoms with Crippen molar-refractivity contribution in [2.45, 2.75) is 32.6 Å². The molecule has 0 aliphatic heterocycles. The number of hydrogen-bond donors (Lipinski definition) is 0. The Morgan fingerprint density at radius 3 is 3.00 bits per heavy atom. The summed E-state index contributed by atoms with van der Waals surface area (Å²) in [5.74, 6) is 0. The lowest BCUT2D eigenvalue weighted by Gasteiger charge is -2.00. The number of hydrogen-bond acceptors (Lipinski definition) is 2. The van der Waals surface area contributed by atoms with Gasteiger partial charge in [0, 0.05) is 0 Å². The molecule has 0 unspecified atom stereocenters. The maximum absolute atomic E-state index is 11.2. The minimum Gasteiger partial charge on any atom is -0.255 e. The number of rotatable bonds is 4.